The summed E-state index contributed by atoms with van der Waals surface area (Å²) >= 11 is 6.03. The van der Waals surface area contributed by atoms with E-state index in [4.69, 9.17) is 16.3 Å². The fraction of sp³-hybridized carbons (Fsp3) is 0.273. The van der Waals surface area contributed by atoms with E-state index in [0.717, 1.165) is 0 Å². The quantitative estimate of drug-likeness (QED) is 0.540. The summed E-state index contributed by atoms with van der Waals surface area (Å²) in [7, 11) is 0. The Hall–Kier alpha value is -3.39. The zero-order valence-corrected chi connectivity index (χ0v) is 18.2. The highest BCUT2D eigenvalue weighted by molar-refractivity contribution is 6.33. The molecule has 9 heteroatoms. The Morgan fingerprint density at radius 3 is 2.06 bits per heavy atom. The number of benzene rings is 2. The number of nitrogens with one attached hydrogen (secondary N) is 3. The standard InChI is InChI=1S/C22H24ClN3O5/c1-13(2)20(26-21(29)17-6-4-5-7-18(17)23)22(30)31-12-19(28)25-16-10-8-15(9-11-16)24-14(3)27/h4-11,13,20H,12H2,1-3H3,(H,24,27)(H,25,28)(H,26,29)/t20-/m0/s1. The molecule has 0 saturated carbocycles. The van der Waals surface area contributed by atoms with E-state index in [1.54, 1.807) is 62.4 Å². The first-order valence-corrected chi connectivity index (χ1v) is 9.94. The summed E-state index contributed by atoms with van der Waals surface area (Å²) in [6.45, 7) is 4.37. The first kappa shape index (κ1) is 23.9. The minimum atomic E-state index is -0.950. The summed E-state index contributed by atoms with van der Waals surface area (Å²) in [4.78, 5) is 48.0. The number of rotatable bonds is 8. The van der Waals surface area contributed by atoms with Crippen molar-refractivity contribution in [2.45, 2.75) is 26.8 Å². The Morgan fingerprint density at radius 1 is 0.935 bits per heavy atom. The van der Waals surface area contributed by atoms with Gasteiger partial charge in [0.2, 0.25) is 5.91 Å². The van der Waals surface area contributed by atoms with Gasteiger partial charge in [-0.05, 0) is 42.3 Å². The highest BCUT2D eigenvalue weighted by Gasteiger charge is 2.27. The van der Waals surface area contributed by atoms with Gasteiger partial charge in [0.25, 0.3) is 11.8 Å². The summed E-state index contributed by atoms with van der Waals surface area (Å²) in [6, 6.07) is 12.0. The van der Waals surface area contributed by atoms with Crippen molar-refractivity contribution >= 4 is 46.7 Å². The molecular formula is C22H24ClN3O5. The van der Waals surface area contributed by atoms with Crippen LogP contribution in [0.25, 0.3) is 0 Å². The van der Waals surface area contributed by atoms with Crippen LogP contribution in [0.15, 0.2) is 48.5 Å². The Kier molecular flexibility index (Phi) is 8.57. The summed E-state index contributed by atoms with van der Waals surface area (Å²) in [5, 5.41) is 8.07. The molecule has 0 aliphatic heterocycles. The SMILES string of the molecule is CC(=O)Nc1ccc(NC(=O)COC(=O)[C@@H](NC(=O)c2ccccc2Cl)C(C)C)cc1. The highest BCUT2D eigenvalue weighted by atomic mass is 35.5. The number of ether oxygens (including phenoxy) is 1. The van der Waals surface area contributed by atoms with Gasteiger partial charge in [0.05, 0.1) is 10.6 Å². The van der Waals surface area contributed by atoms with Crippen molar-refractivity contribution in [3.63, 3.8) is 0 Å². The second kappa shape index (κ2) is 11.1. The first-order chi connectivity index (χ1) is 14.7. The van der Waals surface area contributed by atoms with Crippen molar-refractivity contribution in [3.8, 4) is 0 Å². The molecule has 0 aliphatic carbocycles. The number of hydrogen-bond donors (Lipinski definition) is 3. The van der Waals surface area contributed by atoms with Crippen LogP contribution < -0.4 is 16.0 Å². The molecule has 2 aromatic carbocycles. The normalized spacial score (nSPS) is 11.4. The molecule has 8 nitrogen and oxygen atoms in total. The van der Waals surface area contributed by atoms with Crippen LogP contribution in [0.2, 0.25) is 5.02 Å². The van der Waals surface area contributed by atoms with Crippen molar-refractivity contribution in [1.82, 2.24) is 5.32 Å². The predicted octanol–water partition coefficient (Wildman–Crippen LogP) is 3.23. The summed E-state index contributed by atoms with van der Waals surface area (Å²) < 4.78 is 5.09. The van der Waals surface area contributed by atoms with Crippen molar-refractivity contribution in [2.24, 2.45) is 5.92 Å². The maximum absolute atomic E-state index is 12.5. The van der Waals surface area contributed by atoms with Crippen molar-refractivity contribution in [1.29, 1.82) is 0 Å². The van der Waals surface area contributed by atoms with E-state index in [9.17, 15) is 19.2 Å². The number of amides is 3. The van der Waals surface area contributed by atoms with Crippen molar-refractivity contribution in [2.75, 3.05) is 17.2 Å². The van der Waals surface area contributed by atoms with Gasteiger partial charge in [0.1, 0.15) is 6.04 Å². The monoisotopic (exact) mass is 445 g/mol. The molecule has 0 bridgehead atoms. The average Bonchev–Trinajstić information content (AvgIpc) is 2.71. The predicted molar refractivity (Wildman–Crippen MR) is 118 cm³/mol. The molecule has 164 valence electrons. The van der Waals surface area contributed by atoms with Gasteiger partial charge in [-0.2, -0.15) is 0 Å². The van der Waals surface area contributed by atoms with Crippen LogP contribution in [-0.4, -0.2) is 36.3 Å². The Balaban J connectivity index is 1.90. The molecule has 0 fully saturated rings. The van der Waals surface area contributed by atoms with E-state index >= 15 is 0 Å². The van der Waals surface area contributed by atoms with Crippen LogP contribution in [-0.2, 0) is 19.1 Å². The third kappa shape index (κ3) is 7.42. The molecule has 0 heterocycles. The number of anilines is 2. The zero-order valence-electron chi connectivity index (χ0n) is 17.4. The van der Waals surface area contributed by atoms with Crippen molar-refractivity contribution < 1.29 is 23.9 Å². The molecule has 0 unspecified atom stereocenters. The largest absolute Gasteiger partial charge is 0.454 e. The van der Waals surface area contributed by atoms with E-state index in [0.29, 0.717) is 11.4 Å². The average molecular weight is 446 g/mol. The van der Waals surface area contributed by atoms with Crippen LogP contribution in [0.5, 0.6) is 0 Å². The van der Waals surface area contributed by atoms with Gasteiger partial charge in [-0.15, -0.1) is 0 Å². The van der Waals surface area contributed by atoms with Crippen LogP contribution in [0.4, 0.5) is 11.4 Å². The molecule has 1 atom stereocenters. The molecule has 2 rings (SSSR count). The second-order valence-corrected chi connectivity index (χ2v) is 7.50. The van der Waals surface area contributed by atoms with Gasteiger partial charge in [0, 0.05) is 18.3 Å². The number of esters is 1. The number of halogens is 1. The lowest BCUT2D eigenvalue weighted by Crippen LogP contribution is -2.46. The molecule has 31 heavy (non-hydrogen) atoms. The van der Waals surface area contributed by atoms with Gasteiger partial charge in [-0.3, -0.25) is 14.4 Å². The molecule has 0 radical (unpaired) electrons. The molecule has 0 spiro atoms. The molecule has 2 aromatic rings. The Bertz CT molecular complexity index is 960. The molecule has 0 aromatic heterocycles. The summed E-state index contributed by atoms with van der Waals surface area (Å²) in [5.41, 5.74) is 1.30. The van der Waals surface area contributed by atoms with Crippen molar-refractivity contribution in [3.05, 3.63) is 59.1 Å². The maximum Gasteiger partial charge on any atom is 0.329 e. The molecule has 3 N–H and O–H groups in total. The highest BCUT2D eigenvalue weighted by Crippen LogP contribution is 2.16. The van der Waals surface area contributed by atoms with E-state index in [1.165, 1.54) is 6.92 Å². The number of carbonyl (C=O) groups is 4. The summed E-state index contributed by atoms with van der Waals surface area (Å²) in [6.07, 6.45) is 0. The van der Waals surface area contributed by atoms with Gasteiger partial charge in [-0.25, -0.2) is 4.79 Å². The third-order valence-corrected chi connectivity index (χ3v) is 4.49. The lowest BCUT2D eigenvalue weighted by atomic mass is 10.0. The topological polar surface area (TPSA) is 114 Å². The second-order valence-electron chi connectivity index (χ2n) is 7.09. The molecule has 0 aliphatic rings. The van der Waals surface area contributed by atoms with Crippen LogP contribution in [0.1, 0.15) is 31.1 Å². The van der Waals surface area contributed by atoms with E-state index < -0.39 is 30.4 Å². The van der Waals surface area contributed by atoms with Gasteiger partial charge >= 0.3 is 5.97 Å². The van der Waals surface area contributed by atoms with E-state index in [-0.39, 0.29) is 22.4 Å². The summed E-state index contributed by atoms with van der Waals surface area (Å²) in [5.74, 6) is -2.26. The number of hydrogen-bond acceptors (Lipinski definition) is 5. The van der Waals surface area contributed by atoms with E-state index in [1.807, 2.05) is 0 Å². The van der Waals surface area contributed by atoms with E-state index in [2.05, 4.69) is 16.0 Å². The minimum absolute atomic E-state index is 0.204. The fourth-order valence-corrected chi connectivity index (χ4v) is 2.85. The van der Waals surface area contributed by atoms with Gasteiger partial charge in [-0.1, -0.05) is 37.6 Å². The van der Waals surface area contributed by atoms with Gasteiger partial charge < -0.3 is 20.7 Å². The Labute approximate surface area is 185 Å². The fourth-order valence-electron chi connectivity index (χ4n) is 2.63. The molecular weight excluding hydrogens is 422 g/mol. The lowest BCUT2D eigenvalue weighted by molar-refractivity contribution is -0.150. The first-order valence-electron chi connectivity index (χ1n) is 9.57. The number of carbonyl (C=O) groups excluding carboxylic acids is 4. The maximum atomic E-state index is 12.5. The van der Waals surface area contributed by atoms with Crippen LogP contribution in [0, 0.1) is 5.92 Å². The zero-order chi connectivity index (χ0) is 23.0. The van der Waals surface area contributed by atoms with Crippen LogP contribution in [0.3, 0.4) is 0 Å². The molecule has 3 amide bonds. The smallest absolute Gasteiger partial charge is 0.329 e. The Morgan fingerprint density at radius 2 is 1.52 bits per heavy atom. The molecule has 0 saturated heterocycles. The van der Waals surface area contributed by atoms with Gasteiger partial charge in [0.15, 0.2) is 6.61 Å². The third-order valence-electron chi connectivity index (χ3n) is 4.16. The lowest BCUT2D eigenvalue weighted by Gasteiger charge is -2.21. The minimum Gasteiger partial charge on any atom is -0.454 e. The van der Waals surface area contributed by atoms with Crippen LogP contribution >= 0.6 is 11.6 Å².